The van der Waals surface area contributed by atoms with Gasteiger partial charge in [0.25, 0.3) is 11.6 Å². The van der Waals surface area contributed by atoms with E-state index in [-0.39, 0.29) is 11.4 Å². The van der Waals surface area contributed by atoms with Gasteiger partial charge in [0, 0.05) is 6.07 Å². The van der Waals surface area contributed by atoms with Crippen molar-refractivity contribution in [3.8, 4) is 6.07 Å². The molecule has 0 radical (unpaired) electrons. The molecule has 0 spiro atoms. The number of hydrogen-bond donors (Lipinski definition) is 2. The summed E-state index contributed by atoms with van der Waals surface area (Å²) < 4.78 is 25.5. The lowest BCUT2D eigenvalue weighted by Gasteiger charge is -2.14. The van der Waals surface area contributed by atoms with Crippen LogP contribution in [-0.2, 0) is 0 Å². The molecule has 9 heteroatoms. The molecule has 1 rings (SSSR count). The average Bonchev–Trinajstić information content (AvgIpc) is 2.36. The lowest BCUT2D eigenvalue weighted by Crippen LogP contribution is -2.31. The average molecular weight is 258 g/mol. The number of nitrogens with one attached hydrogen (secondary N) is 1. The standard InChI is InChI=1S/C9H8F2N4O3/c10-9(11,5-16)4-14-8-6(2-12)1-7(3-13-8)15(17)18/h1,3,16H,4-5H2,(H,13,14). The molecule has 0 saturated heterocycles. The van der Waals surface area contributed by atoms with Crippen molar-refractivity contribution in [1.29, 1.82) is 5.26 Å². The minimum absolute atomic E-state index is 0.198. The summed E-state index contributed by atoms with van der Waals surface area (Å²) in [5.41, 5.74) is -0.635. The van der Waals surface area contributed by atoms with Gasteiger partial charge in [-0.2, -0.15) is 5.26 Å². The Hall–Kier alpha value is -2.34. The molecule has 96 valence electrons. The van der Waals surface area contributed by atoms with Crippen LogP contribution in [0.3, 0.4) is 0 Å². The van der Waals surface area contributed by atoms with Gasteiger partial charge in [-0.1, -0.05) is 0 Å². The van der Waals surface area contributed by atoms with E-state index in [0.29, 0.717) is 0 Å². The zero-order chi connectivity index (χ0) is 13.8. The Morgan fingerprint density at radius 1 is 1.67 bits per heavy atom. The Balaban J connectivity index is 2.91. The molecule has 0 fully saturated rings. The van der Waals surface area contributed by atoms with Gasteiger partial charge < -0.3 is 10.4 Å². The minimum Gasteiger partial charge on any atom is -0.390 e. The summed E-state index contributed by atoms with van der Waals surface area (Å²) in [4.78, 5) is 13.2. The first-order valence-corrected chi connectivity index (χ1v) is 4.67. The van der Waals surface area contributed by atoms with Gasteiger partial charge >= 0.3 is 0 Å². The normalized spacial score (nSPS) is 10.8. The van der Waals surface area contributed by atoms with Crippen LogP contribution in [-0.4, -0.2) is 34.1 Å². The predicted molar refractivity (Wildman–Crippen MR) is 56.1 cm³/mol. The van der Waals surface area contributed by atoms with Crippen LogP contribution in [0.4, 0.5) is 20.3 Å². The van der Waals surface area contributed by atoms with Crippen LogP contribution in [0.25, 0.3) is 0 Å². The highest BCUT2D eigenvalue weighted by molar-refractivity contribution is 5.55. The van der Waals surface area contributed by atoms with Crippen LogP contribution in [0.15, 0.2) is 12.3 Å². The van der Waals surface area contributed by atoms with Crippen LogP contribution in [0, 0.1) is 21.4 Å². The largest absolute Gasteiger partial charge is 0.390 e. The quantitative estimate of drug-likeness (QED) is 0.599. The topological polar surface area (TPSA) is 112 Å². The third-order valence-electron chi connectivity index (χ3n) is 1.95. The van der Waals surface area contributed by atoms with E-state index in [1.807, 2.05) is 0 Å². The number of anilines is 1. The summed E-state index contributed by atoms with van der Waals surface area (Å²) in [5, 5.41) is 29.7. The lowest BCUT2D eigenvalue weighted by molar-refractivity contribution is -0.385. The Morgan fingerprint density at radius 3 is 2.83 bits per heavy atom. The monoisotopic (exact) mass is 258 g/mol. The Morgan fingerprint density at radius 2 is 2.33 bits per heavy atom. The molecule has 2 N–H and O–H groups in total. The SMILES string of the molecule is N#Cc1cc([N+](=O)[O-])cnc1NCC(F)(F)CO. The van der Waals surface area contributed by atoms with Crippen LogP contribution < -0.4 is 5.32 Å². The van der Waals surface area contributed by atoms with Crippen molar-refractivity contribution in [1.82, 2.24) is 4.98 Å². The molecule has 0 atom stereocenters. The van der Waals surface area contributed by atoms with Gasteiger partial charge in [-0.05, 0) is 0 Å². The fourth-order valence-electron chi connectivity index (χ4n) is 1.05. The number of pyridine rings is 1. The van der Waals surface area contributed by atoms with E-state index in [1.54, 1.807) is 6.07 Å². The number of nitro groups is 1. The number of aliphatic hydroxyl groups is 1. The van der Waals surface area contributed by atoms with Crippen LogP contribution >= 0.6 is 0 Å². The van der Waals surface area contributed by atoms with Gasteiger partial charge in [0.05, 0.1) is 11.5 Å². The summed E-state index contributed by atoms with van der Waals surface area (Å²) in [6.45, 7) is -2.28. The number of nitriles is 1. The summed E-state index contributed by atoms with van der Waals surface area (Å²) in [5.74, 6) is -3.56. The number of halogens is 2. The first-order valence-electron chi connectivity index (χ1n) is 4.67. The van der Waals surface area contributed by atoms with E-state index in [1.165, 1.54) is 0 Å². The smallest absolute Gasteiger partial charge is 0.289 e. The van der Waals surface area contributed by atoms with Crippen molar-refractivity contribution in [2.45, 2.75) is 5.92 Å². The molecule has 1 heterocycles. The molecule has 0 saturated carbocycles. The maximum absolute atomic E-state index is 12.8. The number of aliphatic hydroxyl groups excluding tert-OH is 1. The summed E-state index contributed by atoms with van der Waals surface area (Å²) in [7, 11) is 0. The summed E-state index contributed by atoms with van der Waals surface area (Å²) in [6.07, 6.45) is 0.847. The molecule has 0 aliphatic heterocycles. The fourth-order valence-corrected chi connectivity index (χ4v) is 1.05. The molecule has 0 bridgehead atoms. The van der Waals surface area contributed by atoms with Gasteiger partial charge in [-0.3, -0.25) is 10.1 Å². The number of hydrogen-bond acceptors (Lipinski definition) is 6. The van der Waals surface area contributed by atoms with E-state index in [2.05, 4.69) is 10.3 Å². The summed E-state index contributed by atoms with van der Waals surface area (Å²) >= 11 is 0. The second kappa shape index (κ2) is 5.33. The maximum Gasteiger partial charge on any atom is 0.289 e. The molecule has 0 amide bonds. The molecule has 0 aliphatic rings. The van der Waals surface area contributed by atoms with Crippen molar-refractivity contribution >= 4 is 11.5 Å². The zero-order valence-corrected chi connectivity index (χ0v) is 8.93. The predicted octanol–water partition coefficient (Wildman–Crippen LogP) is 0.901. The van der Waals surface area contributed by atoms with Gasteiger partial charge in [0.2, 0.25) is 0 Å². The van der Waals surface area contributed by atoms with Crippen molar-refractivity contribution < 1.29 is 18.8 Å². The number of alkyl halides is 2. The third kappa shape index (κ3) is 3.33. The first-order chi connectivity index (χ1) is 8.39. The molecular weight excluding hydrogens is 250 g/mol. The number of rotatable bonds is 5. The van der Waals surface area contributed by atoms with Gasteiger partial charge in [-0.25, -0.2) is 13.8 Å². The highest BCUT2D eigenvalue weighted by atomic mass is 19.3. The van der Waals surface area contributed by atoms with E-state index < -0.39 is 29.7 Å². The van der Waals surface area contributed by atoms with Gasteiger partial charge in [0.1, 0.15) is 30.3 Å². The Bertz CT molecular complexity index is 501. The van der Waals surface area contributed by atoms with Gasteiger partial charge in [0.15, 0.2) is 0 Å². The van der Waals surface area contributed by atoms with Crippen LogP contribution in [0.5, 0.6) is 0 Å². The van der Waals surface area contributed by atoms with Crippen LogP contribution in [0.2, 0.25) is 0 Å². The minimum atomic E-state index is -3.36. The van der Waals surface area contributed by atoms with Crippen molar-refractivity contribution in [3.63, 3.8) is 0 Å². The molecule has 0 aliphatic carbocycles. The highest BCUT2D eigenvalue weighted by Gasteiger charge is 2.28. The first kappa shape index (κ1) is 13.7. The number of nitrogens with zero attached hydrogens (tertiary/aromatic N) is 3. The van der Waals surface area contributed by atoms with E-state index in [4.69, 9.17) is 10.4 Å². The zero-order valence-electron chi connectivity index (χ0n) is 8.93. The molecule has 0 unspecified atom stereocenters. The van der Waals surface area contributed by atoms with E-state index in [9.17, 15) is 18.9 Å². The van der Waals surface area contributed by atoms with E-state index >= 15 is 0 Å². The molecule has 1 aromatic heterocycles. The van der Waals surface area contributed by atoms with Crippen LogP contribution in [0.1, 0.15) is 5.56 Å². The molecular formula is C9H8F2N4O3. The van der Waals surface area contributed by atoms with Crippen molar-refractivity contribution in [3.05, 3.63) is 27.9 Å². The van der Waals surface area contributed by atoms with E-state index in [0.717, 1.165) is 12.3 Å². The third-order valence-corrected chi connectivity index (χ3v) is 1.95. The highest BCUT2D eigenvalue weighted by Crippen LogP contribution is 2.20. The Kier molecular flexibility index (Phi) is 4.06. The Labute approximate surface area is 99.8 Å². The fraction of sp³-hybridized carbons (Fsp3) is 0.333. The molecule has 18 heavy (non-hydrogen) atoms. The number of aromatic nitrogens is 1. The molecule has 0 aromatic carbocycles. The van der Waals surface area contributed by atoms with Crippen molar-refractivity contribution in [2.75, 3.05) is 18.5 Å². The van der Waals surface area contributed by atoms with Crippen molar-refractivity contribution in [2.24, 2.45) is 0 Å². The molecule has 1 aromatic rings. The molecule has 7 nitrogen and oxygen atoms in total. The lowest BCUT2D eigenvalue weighted by atomic mass is 10.2. The second-order valence-corrected chi connectivity index (χ2v) is 3.33. The maximum atomic E-state index is 12.8. The summed E-state index contributed by atoms with van der Waals surface area (Å²) in [6, 6.07) is 2.53. The second-order valence-electron chi connectivity index (χ2n) is 3.33. The van der Waals surface area contributed by atoms with Gasteiger partial charge in [-0.15, -0.1) is 0 Å².